The average Bonchev–Trinajstić information content (AvgIpc) is 3.81. The van der Waals surface area contributed by atoms with E-state index in [0.717, 1.165) is 25.0 Å². The maximum absolute atomic E-state index is 12.9. The Labute approximate surface area is 226 Å². The summed E-state index contributed by atoms with van der Waals surface area (Å²) in [6.07, 6.45) is 2.74. The van der Waals surface area contributed by atoms with E-state index in [9.17, 15) is 29.4 Å². The maximum Gasteiger partial charge on any atom is 0.307 e. The monoisotopic (exact) mass is 538 g/mol. The van der Waals surface area contributed by atoms with Crippen molar-refractivity contribution in [3.8, 4) is 11.5 Å². The number of hydrogen-bond acceptors (Lipinski definition) is 6. The van der Waals surface area contributed by atoms with Gasteiger partial charge in [-0.15, -0.1) is 0 Å². The molecule has 6 atom stereocenters. The first-order valence-electron chi connectivity index (χ1n) is 13.1. The van der Waals surface area contributed by atoms with Crippen LogP contribution in [-0.4, -0.2) is 54.2 Å². The predicted octanol–water partition coefficient (Wildman–Crippen LogP) is 3.20. The molecule has 0 spiro atoms. The molecular formula is C29H34N2O8. The van der Waals surface area contributed by atoms with Gasteiger partial charge in [-0.1, -0.05) is 17.7 Å². The number of carbonyl (C=O) groups excluding carboxylic acids is 2. The lowest BCUT2D eigenvalue weighted by molar-refractivity contribution is -0.141. The zero-order chi connectivity index (χ0) is 28.1. The molecule has 10 nitrogen and oxygen atoms in total. The molecule has 2 aliphatic carbocycles. The molecule has 4 N–H and O–H groups in total. The first-order chi connectivity index (χ1) is 18.7. The van der Waals surface area contributed by atoms with Gasteiger partial charge in [0, 0.05) is 12.7 Å². The molecule has 10 heteroatoms. The van der Waals surface area contributed by atoms with Crippen molar-refractivity contribution in [3.63, 3.8) is 0 Å². The number of carboxylic acids is 2. The Balaban J connectivity index is 1.20. The van der Waals surface area contributed by atoms with E-state index < -0.39 is 59.3 Å². The number of ether oxygens (including phenoxy) is 2. The van der Waals surface area contributed by atoms with Gasteiger partial charge < -0.3 is 30.3 Å². The Morgan fingerprint density at radius 1 is 0.692 bits per heavy atom. The number of hydrogen-bond donors (Lipinski definition) is 4. The van der Waals surface area contributed by atoms with Crippen molar-refractivity contribution in [2.24, 2.45) is 35.5 Å². The topological polar surface area (TPSA) is 151 Å². The van der Waals surface area contributed by atoms with Crippen molar-refractivity contribution in [1.82, 2.24) is 5.32 Å². The van der Waals surface area contributed by atoms with Gasteiger partial charge >= 0.3 is 11.9 Å². The molecule has 2 aromatic carbocycles. The average molecular weight is 539 g/mol. The Morgan fingerprint density at radius 2 is 1.15 bits per heavy atom. The van der Waals surface area contributed by atoms with Crippen LogP contribution in [0.3, 0.4) is 0 Å². The summed E-state index contributed by atoms with van der Waals surface area (Å²) in [5.74, 6) is -6.86. The van der Waals surface area contributed by atoms with Gasteiger partial charge in [0.05, 0.1) is 36.9 Å². The summed E-state index contributed by atoms with van der Waals surface area (Å²) in [5, 5.41) is 24.2. The third-order valence-electron chi connectivity index (χ3n) is 7.49. The highest BCUT2D eigenvalue weighted by Gasteiger charge is 2.74. The van der Waals surface area contributed by atoms with Crippen molar-refractivity contribution in [3.05, 3.63) is 54.1 Å². The van der Waals surface area contributed by atoms with Gasteiger partial charge in [0.25, 0.3) is 0 Å². The maximum atomic E-state index is 12.9. The second-order valence-corrected chi connectivity index (χ2v) is 10.1. The number of carboxylic acid groups (broad SMARTS) is 2. The van der Waals surface area contributed by atoms with Crippen LogP contribution >= 0.6 is 0 Å². The zero-order valence-electron chi connectivity index (χ0n) is 22.0. The van der Waals surface area contributed by atoms with Gasteiger partial charge in [0.2, 0.25) is 11.8 Å². The molecule has 6 unspecified atom stereocenters. The first-order valence-corrected chi connectivity index (χ1v) is 13.1. The summed E-state index contributed by atoms with van der Waals surface area (Å²) >= 11 is 0. The van der Waals surface area contributed by atoms with Crippen LogP contribution in [0, 0.1) is 42.4 Å². The SMILES string of the molecule is CNC(=O)C1C(C(=O)O)C1C1C(C(=O)O)C1C(=O)Nc1ccc(OCCCCCOc2ccc(C)cc2)cc1. The summed E-state index contributed by atoms with van der Waals surface area (Å²) in [6, 6.07) is 14.7. The van der Waals surface area contributed by atoms with Crippen molar-refractivity contribution in [2.75, 3.05) is 25.6 Å². The molecule has 39 heavy (non-hydrogen) atoms. The van der Waals surface area contributed by atoms with E-state index in [1.54, 1.807) is 24.3 Å². The third-order valence-corrected chi connectivity index (χ3v) is 7.49. The number of aliphatic carboxylic acids is 2. The zero-order valence-corrected chi connectivity index (χ0v) is 22.0. The molecule has 2 saturated carbocycles. The van der Waals surface area contributed by atoms with Gasteiger partial charge in [-0.2, -0.15) is 0 Å². The molecule has 208 valence electrons. The number of amides is 2. The van der Waals surface area contributed by atoms with Crippen LogP contribution in [0.4, 0.5) is 5.69 Å². The number of nitrogens with one attached hydrogen (secondary N) is 2. The number of aryl methyl sites for hydroxylation is 1. The van der Waals surface area contributed by atoms with E-state index in [-0.39, 0.29) is 0 Å². The largest absolute Gasteiger partial charge is 0.494 e. The van der Waals surface area contributed by atoms with Crippen molar-refractivity contribution < 1.29 is 38.9 Å². The quantitative estimate of drug-likeness (QED) is 0.268. The van der Waals surface area contributed by atoms with Gasteiger partial charge in [0.1, 0.15) is 11.5 Å². The highest BCUT2D eigenvalue weighted by atomic mass is 16.5. The van der Waals surface area contributed by atoms with Crippen LogP contribution in [-0.2, 0) is 19.2 Å². The van der Waals surface area contributed by atoms with Gasteiger partial charge in [-0.05, 0) is 74.4 Å². The molecular weight excluding hydrogens is 504 g/mol. The lowest BCUT2D eigenvalue weighted by Crippen LogP contribution is -2.22. The summed E-state index contributed by atoms with van der Waals surface area (Å²) < 4.78 is 11.5. The van der Waals surface area contributed by atoms with Crippen molar-refractivity contribution in [2.45, 2.75) is 26.2 Å². The Kier molecular flexibility index (Phi) is 8.73. The second-order valence-electron chi connectivity index (χ2n) is 10.1. The van der Waals surface area contributed by atoms with E-state index in [0.29, 0.717) is 24.7 Å². The standard InChI is InChI=1S/C29H34N2O8/c1-16-6-10-18(11-7-16)38-14-4-3-5-15-39-19-12-8-17(9-13-19)31-27(33)23-21(25(23)29(36)37)20-22(26(32)30-2)24(20)28(34)35/h6-13,20-25H,3-5,14-15H2,1-2H3,(H,30,32)(H,31,33)(H,34,35)(H,36,37). The molecule has 0 saturated heterocycles. The van der Waals surface area contributed by atoms with E-state index in [4.69, 9.17) is 9.47 Å². The summed E-state index contributed by atoms with van der Waals surface area (Å²) in [5.41, 5.74) is 1.67. The molecule has 4 rings (SSSR count). The molecule has 0 aliphatic heterocycles. The van der Waals surface area contributed by atoms with Crippen LogP contribution in [0.2, 0.25) is 0 Å². The summed E-state index contributed by atoms with van der Waals surface area (Å²) in [7, 11) is 1.40. The van der Waals surface area contributed by atoms with Crippen LogP contribution in [0.25, 0.3) is 0 Å². The van der Waals surface area contributed by atoms with Gasteiger partial charge in [0.15, 0.2) is 0 Å². The van der Waals surface area contributed by atoms with E-state index in [1.807, 2.05) is 31.2 Å². The Bertz CT molecular complexity index is 1200. The minimum absolute atomic E-state index is 0.450. The smallest absolute Gasteiger partial charge is 0.307 e. The fourth-order valence-corrected chi connectivity index (χ4v) is 5.36. The number of benzene rings is 2. The fraction of sp³-hybridized carbons (Fsp3) is 0.448. The fourth-order valence-electron chi connectivity index (χ4n) is 5.36. The second kappa shape index (κ2) is 12.2. The highest BCUT2D eigenvalue weighted by Crippen LogP contribution is 2.65. The van der Waals surface area contributed by atoms with E-state index in [2.05, 4.69) is 10.6 Å². The number of carbonyl (C=O) groups is 4. The molecule has 0 bridgehead atoms. The molecule has 0 radical (unpaired) electrons. The normalized spacial score (nSPS) is 24.8. The lowest BCUT2D eigenvalue weighted by Gasteiger charge is -2.09. The molecule has 2 fully saturated rings. The Hall–Kier alpha value is -4.08. The molecule has 2 aromatic rings. The number of unbranched alkanes of at least 4 members (excludes halogenated alkanes) is 2. The summed E-state index contributed by atoms with van der Waals surface area (Å²) in [6.45, 7) is 3.22. The molecule has 2 amide bonds. The van der Waals surface area contributed by atoms with Gasteiger partial charge in [-0.25, -0.2) is 0 Å². The third kappa shape index (κ3) is 6.68. The highest BCUT2D eigenvalue weighted by molar-refractivity contribution is 6.00. The number of anilines is 1. The predicted molar refractivity (Wildman–Crippen MR) is 141 cm³/mol. The molecule has 0 heterocycles. The first kappa shape index (κ1) is 27.9. The van der Waals surface area contributed by atoms with Crippen molar-refractivity contribution in [1.29, 1.82) is 0 Å². The van der Waals surface area contributed by atoms with E-state index in [1.165, 1.54) is 12.6 Å². The Morgan fingerprint density at radius 3 is 1.62 bits per heavy atom. The molecule has 0 aromatic heterocycles. The van der Waals surface area contributed by atoms with Crippen LogP contribution < -0.4 is 20.1 Å². The van der Waals surface area contributed by atoms with Crippen LogP contribution in [0.15, 0.2) is 48.5 Å². The summed E-state index contributed by atoms with van der Waals surface area (Å²) in [4.78, 5) is 48.3. The van der Waals surface area contributed by atoms with Gasteiger partial charge in [-0.3, -0.25) is 19.2 Å². The minimum Gasteiger partial charge on any atom is -0.494 e. The van der Waals surface area contributed by atoms with Crippen LogP contribution in [0.1, 0.15) is 24.8 Å². The molecule has 2 aliphatic rings. The van der Waals surface area contributed by atoms with E-state index >= 15 is 0 Å². The minimum atomic E-state index is -1.17. The lowest BCUT2D eigenvalue weighted by atomic mass is 10.1. The van der Waals surface area contributed by atoms with Crippen molar-refractivity contribution >= 4 is 29.4 Å². The van der Waals surface area contributed by atoms with Crippen LogP contribution in [0.5, 0.6) is 11.5 Å². The number of rotatable bonds is 14.